The highest BCUT2D eigenvalue weighted by molar-refractivity contribution is 5.97. The summed E-state index contributed by atoms with van der Waals surface area (Å²) in [5.74, 6) is 1.02. The fraction of sp³-hybridized carbons (Fsp3) is 0.429. The van der Waals surface area contributed by atoms with Gasteiger partial charge < -0.3 is 19.3 Å². The molecule has 1 aromatic carbocycles. The molecule has 0 aliphatic carbocycles. The van der Waals surface area contributed by atoms with E-state index in [-0.39, 0.29) is 24.6 Å². The van der Waals surface area contributed by atoms with Gasteiger partial charge in [0.15, 0.2) is 0 Å². The van der Waals surface area contributed by atoms with E-state index >= 15 is 0 Å². The summed E-state index contributed by atoms with van der Waals surface area (Å²) >= 11 is 0. The Kier molecular flexibility index (Phi) is 5.97. The van der Waals surface area contributed by atoms with Crippen LogP contribution in [0.5, 0.6) is 11.6 Å². The molecule has 3 amide bonds. The second-order valence-electron chi connectivity index (χ2n) is 7.29. The summed E-state index contributed by atoms with van der Waals surface area (Å²) in [7, 11) is 1.58. The van der Waals surface area contributed by atoms with Crippen LogP contribution in [0.25, 0.3) is 0 Å². The number of hydrogen-bond acceptors (Lipinski definition) is 6. The first-order valence-corrected chi connectivity index (χ1v) is 10.1. The maximum absolute atomic E-state index is 12.9. The molecular weight excluding hydrogens is 386 g/mol. The Morgan fingerprint density at radius 3 is 2.87 bits per heavy atom. The van der Waals surface area contributed by atoms with Gasteiger partial charge in [0.25, 0.3) is 0 Å². The monoisotopic (exact) mass is 411 g/mol. The number of carbonyl (C=O) groups is 2. The topological polar surface area (TPSA) is 88.1 Å². The number of methoxy groups -OCH3 is 1. The molecule has 2 fully saturated rings. The lowest BCUT2D eigenvalue weighted by Crippen LogP contribution is -2.48. The lowest BCUT2D eigenvalue weighted by atomic mass is 10.1. The number of nitrogens with zero attached hydrogens (tertiary/aromatic N) is 5. The zero-order valence-electron chi connectivity index (χ0n) is 16.9. The van der Waals surface area contributed by atoms with E-state index in [1.165, 1.54) is 0 Å². The third-order valence-electron chi connectivity index (χ3n) is 5.35. The van der Waals surface area contributed by atoms with Gasteiger partial charge in [-0.2, -0.15) is 0 Å². The largest absolute Gasteiger partial charge is 0.495 e. The fourth-order valence-corrected chi connectivity index (χ4v) is 3.85. The van der Waals surface area contributed by atoms with E-state index in [2.05, 4.69) is 9.97 Å². The lowest BCUT2D eigenvalue weighted by molar-refractivity contribution is -0.134. The Bertz CT molecular complexity index is 894. The van der Waals surface area contributed by atoms with E-state index < -0.39 is 0 Å². The number of anilines is 1. The van der Waals surface area contributed by atoms with Gasteiger partial charge in [-0.3, -0.25) is 14.7 Å². The van der Waals surface area contributed by atoms with Gasteiger partial charge in [0.2, 0.25) is 11.8 Å². The molecule has 3 heterocycles. The molecule has 2 aromatic rings. The summed E-state index contributed by atoms with van der Waals surface area (Å²) in [6.45, 7) is 2.22. The van der Waals surface area contributed by atoms with Crippen molar-refractivity contribution in [3.8, 4) is 11.6 Å². The van der Waals surface area contributed by atoms with Crippen molar-refractivity contribution < 1.29 is 19.1 Å². The molecular formula is C21H25N5O4. The minimum absolute atomic E-state index is 0.0579. The van der Waals surface area contributed by atoms with Gasteiger partial charge in [-0.05, 0) is 25.0 Å². The Balaban J connectivity index is 1.35. The maximum Gasteiger partial charge on any atom is 0.325 e. The van der Waals surface area contributed by atoms with Crippen LogP contribution >= 0.6 is 0 Å². The van der Waals surface area contributed by atoms with Gasteiger partial charge in [-0.1, -0.05) is 12.1 Å². The van der Waals surface area contributed by atoms with Crippen LogP contribution in [0, 0.1) is 0 Å². The van der Waals surface area contributed by atoms with E-state index in [1.54, 1.807) is 40.4 Å². The highest BCUT2D eigenvalue weighted by Gasteiger charge is 2.34. The van der Waals surface area contributed by atoms with Gasteiger partial charge in [-0.15, -0.1) is 0 Å². The quantitative estimate of drug-likeness (QED) is 0.720. The van der Waals surface area contributed by atoms with E-state index in [9.17, 15) is 9.59 Å². The molecule has 9 heteroatoms. The van der Waals surface area contributed by atoms with Crippen molar-refractivity contribution in [1.29, 1.82) is 0 Å². The first-order valence-electron chi connectivity index (χ1n) is 10.1. The molecule has 0 bridgehead atoms. The number of hydrogen-bond donors (Lipinski definition) is 0. The van der Waals surface area contributed by atoms with Crippen LogP contribution in [0.1, 0.15) is 12.8 Å². The molecule has 1 aromatic heterocycles. The van der Waals surface area contributed by atoms with Crippen molar-refractivity contribution in [2.45, 2.75) is 18.9 Å². The highest BCUT2D eigenvalue weighted by Crippen LogP contribution is 2.30. The first kappa shape index (κ1) is 19.9. The highest BCUT2D eigenvalue weighted by atomic mass is 16.5. The molecule has 2 aliphatic rings. The number of carbonyl (C=O) groups excluding carboxylic acids is 2. The molecule has 30 heavy (non-hydrogen) atoms. The molecule has 0 N–H and O–H groups in total. The molecule has 1 unspecified atom stereocenters. The summed E-state index contributed by atoms with van der Waals surface area (Å²) in [5.41, 5.74) is 0.718. The van der Waals surface area contributed by atoms with Crippen LogP contribution in [0.2, 0.25) is 0 Å². The van der Waals surface area contributed by atoms with E-state index in [1.807, 2.05) is 24.3 Å². The molecule has 0 spiro atoms. The molecule has 9 nitrogen and oxygen atoms in total. The smallest absolute Gasteiger partial charge is 0.325 e. The van der Waals surface area contributed by atoms with Crippen LogP contribution < -0.4 is 14.4 Å². The third-order valence-corrected chi connectivity index (χ3v) is 5.35. The average Bonchev–Trinajstić information content (AvgIpc) is 3.14. The molecule has 2 aliphatic heterocycles. The predicted molar refractivity (Wildman–Crippen MR) is 110 cm³/mol. The standard InChI is InChI=1S/C21H25N5O4/c1-29-18-7-3-2-6-17(18)26-12-11-25(21(26)28)15-20(27)24-10-4-5-16(14-24)30-19-13-22-8-9-23-19/h2-3,6-9,13,16H,4-5,10-12,14-15H2,1H3. The number of piperidine rings is 1. The summed E-state index contributed by atoms with van der Waals surface area (Å²) in [4.78, 5) is 38.9. The number of aromatic nitrogens is 2. The van der Waals surface area contributed by atoms with Crippen LogP contribution in [0.4, 0.5) is 10.5 Å². The first-order chi connectivity index (χ1) is 14.7. The zero-order valence-corrected chi connectivity index (χ0v) is 16.9. The normalized spacial score (nSPS) is 19.2. The molecule has 0 radical (unpaired) electrons. The Morgan fingerprint density at radius 1 is 1.20 bits per heavy atom. The summed E-state index contributed by atoms with van der Waals surface area (Å²) in [6.07, 6.45) is 6.30. The van der Waals surface area contributed by atoms with Crippen molar-refractivity contribution >= 4 is 17.6 Å². The summed E-state index contributed by atoms with van der Waals surface area (Å²) in [5, 5.41) is 0. The Morgan fingerprint density at radius 2 is 2.07 bits per heavy atom. The number of urea groups is 1. The second-order valence-corrected chi connectivity index (χ2v) is 7.29. The number of likely N-dealkylation sites (tertiary alicyclic amines) is 1. The molecule has 4 rings (SSSR count). The maximum atomic E-state index is 12.9. The Labute approximate surface area is 175 Å². The number of rotatable bonds is 6. The van der Waals surface area contributed by atoms with Crippen LogP contribution in [-0.4, -0.2) is 77.6 Å². The van der Waals surface area contributed by atoms with Gasteiger partial charge in [0.1, 0.15) is 18.4 Å². The minimum Gasteiger partial charge on any atom is -0.495 e. The third kappa shape index (κ3) is 4.29. The van der Waals surface area contributed by atoms with Crippen LogP contribution in [0.15, 0.2) is 42.9 Å². The number of benzene rings is 1. The van der Waals surface area contributed by atoms with Gasteiger partial charge in [-0.25, -0.2) is 9.78 Å². The van der Waals surface area contributed by atoms with E-state index in [0.29, 0.717) is 37.8 Å². The fourth-order valence-electron chi connectivity index (χ4n) is 3.85. The van der Waals surface area contributed by atoms with Crippen molar-refractivity contribution in [2.75, 3.05) is 44.7 Å². The molecule has 1 atom stereocenters. The summed E-state index contributed by atoms with van der Waals surface area (Å²) < 4.78 is 11.2. The second kappa shape index (κ2) is 8.98. The Hall–Kier alpha value is -3.36. The van der Waals surface area contributed by atoms with E-state index in [0.717, 1.165) is 18.5 Å². The SMILES string of the molecule is COc1ccccc1N1CCN(CC(=O)N2CCCC(Oc3cnccn3)C2)C1=O. The summed E-state index contributed by atoms with van der Waals surface area (Å²) in [6, 6.07) is 7.21. The zero-order chi connectivity index (χ0) is 20.9. The lowest BCUT2D eigenvalue weighted by Gasteiger charge is -2.33. The van der Waals surface area contributed by atoms with Crippen molar-refractivity contribution in [3.05, 3.63) is 42.9 Å². The van der Waals surface area contributed by atoms with Gasteiger partial charge in [0.05, 0.1) is 25.5 Å². The van der Waals surface area contributed by atoms with Crippen LogP contribution in [-0.2, 0) is 4.79 Å². The number of para-hydroxylation sites is 2. The molecule has 158 valence electrons. The van der Waals surface area contributed by atoms with E-state index in [4.69, 9.17) is 9.47 Å². The average molecular weight is 411 g/mol. The van der Waals surface area contributed by atoms with Crippen molar-refractivity contribution in [1.82, 2.24) is 19.8 Å². The van der Waals surface area contributed by atoms with Crippen LogP contribution in [0.3, 0.4) is 0 Å². The van der Waals surface area contributed by atoms with Gasteiger partial charge in [0, 0.05) is 32.0 Å². The molecule has 2 saturated heterocycles. The van der Waals surface area contributed by atoms with Crippen molar-refractivity contribution in [3.63, 3.8) is 0 Å². The number of amides is 3. The number of ether oxygens (including phenoxy) is 2. The van der Waals surface area contributed by atoms with Crippen molar-refractivity contribution in [2.24, 2.45) is 0 Å². The molecule has 0 saturated carbocycles. The predicted octanol–water partition coefficient (Wildman–Crippen LogP) is 1.80. The van der Waals surface area contributed by atoms with Gasteiger partial charge >= 0.3 is 6.03 Å². The minimum atomic E-state index is -0.183.